The summed E-state index contributed by atoms with van der Waals surface area (Å²) in [6.07, 6.45) is 4.59. The first-order valence-corrected chi connectivity index (χ1v) is 6.54. The van der Waals surface area contributed by atoms with Gasteiger partial charge in [0.15, 0.2) is 5.78 Å². The van der Waals surface area contributed by atoms with Crippen LogP contribution in [0.1, 0.15) is 24.8 Å². The van der Waals surface area contributed by atoms with Crippen LogP contribution in [0.2, 0.25) is 0 Å². The van der Waals surface area contributed by atoms with E-state index in [1.165, 1.54) is 0 Å². The molecule has 1 aliphatic carbocycles. The van der Waals surface area contributed by atoms with Gasteiger partial charge in [-0.15, -0.1) is 11.6 Å². The maximum absolute atomic E-state index is 11.8. The van der Waals surface area contributed by atoms with Crippen molar-refractivity contribution in [2.45, 2.75) is 24.6 Å². The molecule has 0 saturated heterocycles. The molecule has 1 atom stereocenters. The first-order chi connectivity index (χ1) is 7.66. The summed E-state index contributed by atoms with van der Waals surface area (Å²) in [5.74, 6) is 0.0906. The van der Waals surface area contributed by atoms with E-state index in [2.05, 4.69) is 15.9 Å². The van der Waals surface area contributed by atoms with Crippen molar-refractivity contribution in [3.63, 3.8) is 0 Å². The van der Waals surface area contributed by atoms with Crippen LogP contribution in [0.5, 0.6) is 0 Å². The quantitative estimate of drug-likeness (QED) is 0.561. The number of alkyl halides is 1. The highest BCUT2D eigenvalue weighted by Crippen LogP contribution is 2.26. The lowest BCUT2D eigenvalue weighted by molar-refractivity contribution is -0.116. The Kier molecular flexibility index (Phi) is 3.82. The van der Waals surface area contributed by atoms with Crippen LogP contribution < -0.4 is 0 Å². The molecule has 0 N–H and O–H groups in total. The van der Waals surface area contributed by atoms with Gasteiger partial charge < -0.3 is 0 Å². The van der Waals surface area contributed by atoms with Crippen LogP contribution in [0.4, 0.5) is 0 Å². The van der Waals surface area contributed by atoms with Crippen molar-refractivity contribution >= 4 is 39.4 Å². The molecule has 0 aromatic heterocycles. The topological polar surface area (TPSA) is 17.1 Å². The van der Waals surface area contributed by atoms with Crippen LogP contribution in [0.25, 0.3) is 6.08 Å². The monoisotopic (exact) mass is 298 g/mol. The highest BCUT2D eigenvalue weighted by molar-refractivity contribution is 9.10. The molecular formula is C13H12BrClO. The van der Waals surface area contributed by atoms with Gasteiger partial charge in [-0.25, -0.2) is 0 Å². The molecule has 1 aromatic carbocycles. The largest absolute Gasteiger partial charge is 0.293 e. The lowest BCUT2D eigenvalue weighted by atomic mass is 9.92. The van der Waals surface area contributed by atoms with Crippen molar-refractivity contribution in [2.75, 3.05) is 0 Å². The van der Waals surface area contributed by atoms with E-state index in [0.29, 0.717) is 0 Å². The molecule has 84 valence electrons. The normalized spacial score (nSPS) is 23.8. The molecule has 1 fully saturated rings. The second-order valence-corrected chi connectivity index (χ2v) is 5.39. The number of Topliss-reactive ketones (excluding diaryl/α,β-unsaturated/α-hetero) is 1. The Hall–Kier alpha value is -0.600. The van der Waals surface area contributed by atoms with Crippen molar-refractivity contribution in [2.24, 2.45) is 0 Å². The Morgan fingerprint density at radius 2 is 2.25 bits per heavy atom. The van der Waals surface area contributed by atoms with E-state index in [9.17, 15) is 4.79 Å². The average molecular weight is 300 g/mol. The third-order valence-corrected chi connectivity index (χ3v) is 3.60. The smallest absolute Gasteiger partial charge is 0.176 e. The van der Waals surface area contributed by atoms with E-state index in [-0.39, 0.29) is 11.2 Å². The van der Waals surface area contributed by atoms with Crippen LogP contribution in [0.3, 0.4) is 0 Å². The van der Waals surface area contributed by atoms with Crippen molar-refractivity contribution < 1.29 is 4.79 Å². The number of rotatable bonds is 1. The van der Waals surface area contributed by atoms with E-state index in [0.717, 1.165) is 34.9 Å². The maximum atomic E-state index is 11.8. The minimum absolute atomic E-state index is 0.0906. The summed E-state index contributed by atoms with van der Waals surface area (Å²) in [6.45, 7) is 0. The third kappa shape index (κ3) is 2.74. The number of hydrogen-bond donors (Lipinski definition) is 0. The van der Waals surface area contributed by atoms with Gasteiger partial charge in [-0.05, 0) is 48.6 Å². The lowest BCUT2D eigenvalue weighted by Crippen LogP contribution is -2.21. The van der Waals surface area contributed by atoms with E-state index in [1.54, 1.807) is 0 Å². The number of allylic oxidation sites excluding steroid dienone is 1. The molecule has 1 aromatic rings. The Labute approximate surface area is 109 Å². The van der Waals surface area contributed by atoms with Gasteiger partial charge in [0, 0.05) is 4.47 Å². The molecule has 1 aliphatic rings. The zero-order valence-corrected chi connectivity index (χ0v) is 11.1. The minimum atomic E-state index is -0.327. The summed E-state index contributed by atoms with van der Waals surface area (Å²) in [4.78, 5) is 11.8. The molecule has 0 radical (unpaired) electrons. The molecule has 0 bridgehead atoms. The summed E-state index contributed by atoms with van der Waals surface area (Å²) >= 11 is 9.37. The van der Waals surface area contributed by atoms with E-state index in [4.69, 9.17) is 11.6 Å². The summed E-state index contributed by atoms with van der Waals surface area (Å²) in [5.41, 5.74) is 1.90. The molecule has 0 amide bonds. The lowest BCUT2D eigenvalue weighted by Gasteiger charge is -2.17. The SMILES string of the molecule is O=C1C(=Cc2cccc(Br)c2)CCCC1Cl. The fourth-order valence-electron chi connectivity index (χ4n) is 1.87. The van der Waals surface area contributed by atoms with Gasteiger partial charge in [0.25, 0.3) is 0 Å². The van der Waals surface area contributed by atoms with Gasteiger partial charge in [-0.2, -0.15) is 0 Å². The van der Waals surface area contributed by atoms with E-state index in [1.807, 2.05) is 30.3 Å². The number of hydrogen-bond acceptors (Lipinski definition) is 1. The predicted molar refractivity (Wildman–Crippen MR) is 70.6 cm³/mol. The van der Waals surface area contributed by atoms with Crippen molar-refractivity contribution in [3.8, 4) is 0 Å². The molecule has 1 saturated carbocycles. The molecule has 0 aliphatic heterocycles. The average Bonchev–Trinajstić information content (AvgIpc) is 2.25. The van der Waals surface area contributed by atoms with Crippen molar-refractivity contribution in [1.82, 2.24) is 0 Å². The molecule has 1 unspecified atom stereocenters. The summed E-state index contributed by atoms with van der Waals surface area (Å²) in [7, 11) is 0. The summed E-state index contributed by atoms with van der Waals surface area (Å²) < 4.78 is 1.02. The zero-order valence-electron chi connectivity index (χ0n) is 8.75. The maximum Gasteiger partial charge on any atom is 0.176 e. The second kappa shape index (κ2) is 5.15. The first kappa shape index (κ1) is 11.9. The van der Waals surface area contributed by atoms with Gasteiger partial charge in [0.1, 0.15) is 0 Å². The third-order valence-electron chi connectivity index (χ3n) is 2.69. The standard InChI is InChI=1S/C13H12BrClO/c14-11-5-1-3-9(8-11)7-10-4-2-6-12(15)13(10)16/h1,3,5,7-8,12H,2,4,6H2. The van der Waals surface area contributed by atoms with E-state index >= 15 is 0 Å². The van der Waals surface area contributed by atoms with Crippen LogP contribution >= 0.6 is 27.5 Å². The Balaban J connectivity index is 2.26. The van der Waals surface area contributed by atoms with Gasteiger partial charge in [-0.3, -0.25) is 4.79 Å². The summed E-state index contributed by atoms with van der Waals surface area (Å²) in [6, 6.07) is 7.91. The zero-order chi connectivity index (χ0) is 11.5. The summed E-state index contributed by atoms with van der Waals surface area (Å²) in [5, 5.41) is -0.327. The van der Waals surface area contributed by atoms with Gasteiger partial charge in [-0.1, -0.05) is 28.1 Å². The fourth-order valence-corrected chi connectivity index (χ4v) is 2.58. The Morgan fingerprint density at radius 1 is 1.44 bits per heavy atom. The molecule has 3 heteroatoms. The highest BCUT2D eigenvalue weighted by atomic mass is 79.9. The first-order valence-electron chi connectivity index (χ1n) is 5.31. The Bertz CT molecular complexity index is 439. The van der Waals surface area contributed by atoms with Crippen LogP contribution in [0.15, 0.2) is 34.3 Å². The molecule has 2 rings (SSSR count). The van der Waals surface area contributed by atoms with Crippen molar-refractivity contribution in [1.29, 1.82) is 0 Å². The molecule has 1 nitrogen and oxygen atoms in total. The van der Waals surface area contributed by atoms with Gasteiger partial charge >= 0.3 is 0 Å². The molecule has 0 spiro atoms. The highest BCUT2D eigenvalue weighted by Gasteiger charge is 2.24. The molecular weight excluding hydrogens is 287 g/mol. The second-order valence-electron chi connectivity index (χ2n) is 3.95. The minimum Gasteiger partial charge on any atom is -0.293 e. The van der Waals surface area contributed by atoms with Gasteiger partial charge in [0.05, 0.1) is 5.38 Å². The van der Waals surface area contributed by atoms with E-state index < -0.39 is 0 Å². The van der Waals surface area contributed by atoms with Crippen LogP contribution in [-0.4, -0.2) is 11.2 Å². The fraction of sp³-hybridized carbons (Fsp3) is 0.308. The Morgan fingerprint density at radius 3 is 3.00 bits per heavy atom. The number of ketones is 1. The number of carbonyl (C=O) groups excluding carboxylic acids is 1. The molecule has 16 heavy (non-hydrogen) atoms. The van der Waals surface area contributed by atoms with Crippen LogP contribution in [-0.2, 0) is 4.79 Å². The molecule has 0 heterocycles. The van der Waals surface area contributed by atoms with Crippen LogP contribution in [0, 0.1) is 0 Å². The number of carbonyl (C=O) groups is 1. The number of halogens is 2. The van der Waals surface area contributed by atoms with Crippen molar-refractivity contribution in [3.05, 3.63) is 39.9 Å². The number of benzene rings is 1. The van der Waals surface area contributed by atoms with Gasteiger partial charge in [0.2, 0.25) is 0 Å². The predicted octanol–water partition coefficient (Wildman–Crippen LogP) is 4.19.